The molecule has 1 amide bonds. The number of carbonyl (C=O) groups is 3. The lowest BCUT2D eigenvalue weighted by Crippen LogP contribution is -2.24. The lowest BCUT2D eigenvalue weighted by molar-refractivity contribution is -0.146. The van der Waals surface area contributed by atoms with Gasteiger partial charge in [-0.3, -0.25) is 4.79 Å². The Morgan fingerprint density at radius 3 is 2.14 bits per heavy atom. The van der Waals surface area contributed by atoms with Crippen LogP contribution in [0, 0.1) is 12.3 Å². The monoisotopic (exact) mass is 673 g/mol. The predicted octanol–water partition coefficient (Wildman–Crippen LogP) is 6.01. The molecule has 0 saturated carbocycles. The zero-order valence-corrected chi connectivity index (χ0v) is 27.4. The molecule has 2 atom stereocenters. The van der Waals surface area contributed by atoms with Crippen LogP contribution in [0.1, 0.15) is 41.6 Å². The summed E-state index contributed by atoms with van der Waals surface area (Å²) in [6.45, 7) is 3.49. The summed E-state index contributed by atoms with van der Waals surface area (Å²) in [5, 5.41) is 36.8. The van der Waals surface area contributed by atoms with Crippen LogP contribution in [0.25, 0.3) is 40.0 Å². The average molecular weight is 674 g/mol. The molecule has 2 unspecified atom stereocenters. The number of nitrogens with one attached hydrogen (secondary N) is 3. The van der Waals surface area contributed by atoms with Crippen LogP contribution in [-0.2, 0) is 14.4 Å². The highest BCUT2D eigenvalue weighted by atomic mass is 16.5. The molecule has 254 valence electrons. The van der Waals surface area contributed by atoms with Gasteiger partial charge >= 0.3 is 11.9 Å². The molecule has 1 aromatic heterocycles. The third-order valence-corrected chi connectivity index (χ3v) is 7.97. The number of amides is 1. The van der Waals surface area contributed by atoms with Crippen LogP contribution >= 0.6 is 0 Å². The standard InChI is InChI=1S/C39H36N4O7/c1-23-3-8-26(9-4-23)24(2)41-34(45)20-7-25-5-10-28(11-6-25)36-37(29-16-18-31(19-17-29)50-22-35(46)47)43-38(42-36)30-14-12-27(13-15-30)32(40)21-33(44)39(48)49/h3-20,24,33,40,44H,21-22H2,1-2H3,(H,41,45)(H,42,43)(H,46,47)(H,48,49)/p+1/b20-7+,40-32?. The number of rotatable bonds is 14. The van der Waals surface area contributed by atoms with Gasteiger partial charge in [0, 0.05) is 28.5 Å². The van der Waals surface area contributed by atoms with Crippen molar-refractivity contribution in [2.75, 3.05) is 6.61 Å². The normalized spacial score (nSPS) is 12.3. The van der Waals surface area contributed by atoms with Crippen molar-refractivity contribution in [3.8, 4) is 39.7 Å². The molecular formula is C39H37N4O7+. The summed E-state index contributed by atoms with van der Waals surface area (Å²) in [5.41, 5.74) is 7.22. The SMILES string of the molecule is Cc1ccc(C(C)NC(=O)/C=C/c2ccc(-c3[nH]c(-c4ccc(C(=N)CC([OH2+])C(=O)O)cc4)nc3-c3ccc(OCC(=O)O)cc3)cc2)cc1. The third-order valence-electron chi connectivity index (χ3n) is 7.97. The fraction of sp³-hybridized carbons (Fsp3) is 0.154. The first-order valence-corrected chi connectivity index (χ1v) is 15.8. The molecule has 0 saturated heterocycles. The number of carbonyl (C=O) groups excluding carboxylic acids is 1. The second-order valence-electron chi connectivity index (χ2n) is 11.8. The van der Waals surface area contributed by atoms with E-state index in [1.165, 1.54) is 6.08 Å². The number of imidazole rings is 1. The number of H-pyrrole nitrogens is 1. The molecule has 7 N–H and O–H groups in total. The number of nitrogens with zero attached hydrogens (tertiary/aromatic N) is 1. The van der Waals surface area contributed by atoms with Crippen LogP contribution in [0.15, 0.2) is 103 Å². The van der Waals surface area contributed by atoms with Gasteiger partial charge in [-0.15, -0.1) is 0 Å². The molecule has 11 heteroatoms. The third kappa shape index (κ3) is 8.97. The minimum atomic E-state index is -1.41. The van der Waals surface area contributed by atoms with E-state index in [2.05, 4.69) is 10.3 Å². The van der Waals surface area contributed by atoms with E-state index in [4.69, 9.17) is 30.4 Å². The quantitative estimate of drug-likeness (QED) is 0.0542. The van der Waals surface area contributed by atoms with E-state index in [9.17, 15) is 14.4 Å². The van der Waals surface area contributed by atoms with Crippen LogP contribution in [-0.4, -0.2) is 61.6 Å². The summed E-state index contributed by atoms with van der Waals surface area (Å²) in [7, 11) is 0. The van der Waals surface area contributed by atoms with Gasteiger partial charge in [0.05, 0.1) is 23.9 Å². The Balaban J connectivity index is 1.38. The first-order valence-electron chi connectivity index (χ1n) is 15.8. The predicted molar refractivity (Wildman–Crippen MR) is 191 cm³/mol. The first kappa shape index (κ1) is 35.0. The summed E-state index contributed by atoms with van der Waals surface area (Å²) in [6.07, 6.45) is 1.63. The molecule has 0 aliphatic heterocycles. The number of hydrogen-bond donors (Lipinski definition) is 5. The summed E-state index contributed by atoms with van der Waals surface area (Å²) in [5.74, 6) is -1.61. The second kappa shape index (κ2) is 15.7. The van der Waals surface area contributed by atoms with Crippen LogP contribution in [0.3, 0.4) is 0 Å². The van der Waals surface area contributed by atoms with Crippen molar-refractivity contribution in [3.63, 3.8) is 0 Å². The van der Waals surface area contributed by atoms with Gasteiger partial charge in [0.2, 0.25) is 5.91 Å². The van der Waals surface area contributed by atoms with Gasteiger partial charge < -0.3 is 35.8 Å². The van der Waals surface area contributed by atoms with Gasteiger partial charge in [-0.05, 0) is 60.9 Å². The Labute approximate surface area is 288 Å². The Morgan fingerprint density at radius 1 is 0.900 bits per heavy atom. The topological polar surface area (TPSA) is 188 Å². The maximum Gasteiger partial charge on any atom is 0.384 e. The van der Waals surface area contributed by atoms with Crippen molar-refractivity contribution in [2.24, 2.45) is 0 Å². The highest BCUT2D eigenvalue weighted by molar-refractivity contribution is 6.00. The number of ether oxygens (including phenoxy) is 1. The number of hydrogen-bond acceptors (Lipinski definition) is 6. The summed E-state index contributed by atoms with van der Waals surface area (Å²) >= 11 is 0. The van der Waals surface area contributed by atoms with E-state index < -0.39 is 24.6 Å². The van der Waals surface area contributed by atoms with Crippen molar-refractivity contribution in [2.45, 2.75) is 32.4 Å². The number of benzene rings is 4. The molecule has 0 fully saturated rings. The van der Waals surface area contributed by atoms with Gasteiger partial charge in [-0.25, -0.2) is 14.6 Å². The molecule has 0 radical (unpaired) electrons. The summed E-state index contributed by atoms with van der Waals surface area (Å²) < 4.78 is 5.29. The average Bonchev–Trinajstić information content (AvgIpc) is 3.56. The number of aromatic amines is 1. The van der Waals surface area contributed by atoms with Gasteiger partial charge in [0.1, 0.15) is 11.6 Å². The highest BCUT2D eigenvalue weighted by Crippen LogP contribution is 2.34. The molecule has 4 aromatic carbocycles. The lowest BCUT2D eigenvalue weighted by atomic mass is 10.0. The molecule has 0 aliphatic carbocycles. The van der Waals surface area contributed by atoms with Crippen LogP contribution in [0.5, 0.6) is 5.75 Å². The first-order chi connectivity index (χ1) is 24.0. The van der Waals surface area contributed by atoms with Gasteiger partial charge in [-0.1, -0.05) is 78.4 Å². The van der Waals surface area contributed by atoms with E-state index in [-0.39, 0.29) is 24.1 Å². The van der Waals surface area contributed by atoms with Gasteiger partial charge in [0.25, 0.3) is 6.10 Å². The van der Waals surface area contributed by atoms with Gasteiger partial charge in [0.15, 0.2) is 6.61 Å². The number of aryl methyl sites for hydroxylation is 1. The summed E-state index contributed by atoms with van der Waals surface area (Å²) in [6, 6.07) is 29.4. The van der Waals surface area contributed by atoms with Crippen molar-refractivity contribution in [3.05, 3.63) is 125 Å². The van der Waals surface area contributed by atoms with Crippen molar-refractivity contribution in [1.82, 2.24) is 15.3 Å². The Hall–Kier alpha value is -6.33. The van der Waals surface area contributed by atoms with E-state index >= 15 is 0 Å². The largest absolute Gasteiger partial charge is 0.482 e. The van der Waals surface area contributed by atoms with Crippen molar-refractivity contribution < 1.29 is 34.4 Å². The Bertz CT molecular complexity index is 2020. The molecule has 1 heterocycles. The van der Waals surface area contributed by atoms with E-state index in [0.717, 1.165) is 39.1 Å². The van der Waals surface area contributed by atoms with E-state index in [1.54, 1.807) is 54.6 Å². The molecule has 50 heavy (non-hydrogen) atoms. The number of carboxylic acid groups (broad SMARTS) is 2. The van der Waals surface area contributed by atoms with E-state index in [0.29, 0.717) is 22.8 Å². The number of aliphatic carboxylic acids is 2. The molecule has 0 bridgehead atoms. The molecule has 11 nitrogen and oxygen atoms in total. The second-order valence-corrected chi connectivity index (χ2v) is 11.8. The molecule has 0 aliphatic rings. The maximum atomic E-state index is 12.6. The zero-order valence-electron chi connectivity index (χ0n) is 27.4. The maximum absolute atomic E-state index is 12.6. The molecule has 5 rings (SSSR count). The Morgan fingerprint density at radius 2 is 1.52 bits per heavy atom. The van der Waals surface area contributed by atoms with Crippen molar-refractivity contribution >= 4 is 29.6 Å². The lowest BCUT2D eigenvalue weighted by Gasteiger charge is -2.13. The molecule has 5 aromatic rings. The smallest absolute Gasteiger partial charge is 0.384 e. The van der Waals surface area contributed by atoms with E-state index in [1.807, 2.05) is 62.4 Å². The number of carboxylic acids is 2. The molecular weight excluding hydrogens is 636 g/mol. The minimum absolute atomic E-state index is 0.0531. The zero-order chi connectivity index (χ0) is 35.8. The Kier molecular flexibility index (Phi) is 11.0. The van der Waals surface area contributed by atoms with Crippen LogP contribution < -0.4 is 10.1 Å². The van der Waals surface area contributed by atoms with Gasteiger partial charge in [-0.2, -0.15) is 0 Å². The molecule has 0 spiro atoms. The fourth-order valence-electron chi connectivity index (χ4n) is 5.15. The fourth-order valence-corrected chi connectivity index (χ4v) is 5.15. The van der Waals surface area contributed by atoms with Crippen molar-refractivity contribution in [1.29, 1.82) is 5.41 Å². The number of aromatic nitrogens is 2. The minimum Gasteiger partial charge on any atom is -0.482 e. The summed E-state index contributed by atoms with van der Waals surface area (Å²) in [4.78, 5) is 42.9. The highest BCUT2D eigenvalue weighted by Gasteiger charge is 2.21. The van der Waals surface area contributed by atoms with Crippen LogP contribution in [0.2, 0.25) is 0 Å². The van der Waals surface area contributed by atoms with Crippen LogP contribution in [0.4, 0.5) is 0 Å².